The zero-order valence-electron chi connectivity index (χ0n) is 17.7. The topological polar surface area (TPSA) is 87.9 Å². The van der Waals surface area contributed by atoms with Gasteiger partial charge in [-0.1, -0.05) is 13.8 Å². The van der Waals surface area contributed by atoms with Crippen LogP contribution in [0.5, 0.6) is 0 Å². The molecule has 1 aromatic rings. The number of nitrogens with two attached hydrogens (primary N) is 1. The highest BCUT2D eigenvalue weighted by molar-refractivity contribution is 7.88. The van der Waals surface area contributed by atoms with E-state index in [0.717, 1.165) is 50.1 Å². The molecule has 2 rings (SSSR count). The summed E-state index contributed by atoms with van der Waals surface area (Å²) < 4.78 is 30.6. The number of hydrogen-bond acceptors (Lipinski definition) is 6. The number of nitrogens with zero attached hydrogens (tertiary/aromatic N) is 2. The first-order valence-electron chi connectivity index (χ1n) is 10.2. The van der Waals surface area contributed by atoms with Crippen molar-refractivity contribution < 1.29 is 13.2 Å². The molecule has 0 spiro atoms. The highest BCUT2D eigenvalue weighted by Gasteiger charge is 2.28. The first-order chi connectivity index (χ1) is 13.3. The van der Waals surface area contributed by atoms with Gasteiger partial charge < -0.3 is 15.1 Å². The van der Waals surface area contributed by atoms with Crippen LogP contribution in [0, 0.1) is 0 Å². The summed E-state index contributed by atoms with van der Waals surface area (Å²) in [7, 11) is -1.40. The van der Waals surface area contributed by atoms with Crippen molar-refractivity contribution in [1.82, 2.24) is 4.31 Å². The lowest BCUT2D eigenvalue weighted by Crippen LogP contribution is -2.37. The van der Waals surface area contributed by atoms with Gasteiger partial charge in [-0.25, -0.2) is 12.7 Å². The maximum Gasteiger partial charge on any atom is 0.211 e. The maximum absolute atomic E-state index is 11.8. The summed E-state index contributed by atoms with van der Waals surface area (Å²) in [6, 6.07) is 4.41. The second-order valence-corrected chi connectivity index (χ2v) is 9.46. The van der Waals surface area contributed by atoms with E-state index in [1.807, 2.05) is 0 Å². The number of ether oxygens (including phenoxy) is 1. The van der Waals surface area contributed by atoms with Crippen molar-refractivity contribution in [3.63, 3.8) is 0 Å². The predicted octanol–water partition coefficient (Wildman–Crippen LogP) is 2.54. The van der Waals surface area contributed by atoms with Crippen molar-refractivity contribution in [2.75, 3.05) is 56.5 Å². The molecular formula is C20H36N4O3S. The first-order valence-corrected chi connectivity index (χ1v) is 12.0. The van der Waals surface area contributed by atoms with Crippen LogP contribution in [-0.4, -0.2) is 58.9 Å². The van der Waals surface area contributed by atoms with Crippen molar-refractivity contribution in [2.45, 2.75) is 45.4 Å². The van der Waals surface area contributed by atoms with Gasteiger partial charge in [0.25, 0.3) is 0 Å². The van der Waals surface area contributed by atoms with Crippen LogP contribution in [0.25, 0.3) is 0 Å². The smallest absolute Gasteiger partial charge is 0.211 e. The molecule has 28 heavy (non-hydrogen) atoms. The van der Waals surface area contributed by atoms with Gasteiger partial charge in [-0.15, -0.1) is 0 Å². The Morgan fingerprint density at radius 1 is 1.25 bits per heavy atom. The molecule has 1 saturated heterocycles. The summed E-state index contributed by atoms with van der Waals surface area (Å²) in [5.74, 6) is 6.20. The van der Waals surface area contributed by atoms with Gasteiger partial charge in [0.2, 0.25) is 10.0 Å². The fourth-order valence-corrected chi connectivity index (χ4v) is 4.96. The van der Waals surface area contributed by atoms with E-state index in [1.165, 1.54) is 17.4 Å². The molecule has 0 aromatic heterocycles. The fraction of sp³-hybridized carbons (Fsp3) is 0.700. The van der Waals surface area contributed by atoms with Gasteiger partial charge in [0, 0.05) is 39.0 Å². The highest BCUT2D eigenvalue weighted by Crippen LogP contribution is 2.37. The summed E-state index contributed by atoms with van der Waals surface area (Å²) in [5, 5.41) is 0. The summed E-state index contributed by atoms with van der Waals surface area (Å²) in [5.41, 5.74) is 7.51. The van der Waals surface area contributed by atoms with Crippen molar-refractivity contribution in [1.29, 1.82) is 0 Å². The van der Waals surface area contributed by atoms with Crippen LogP contribution in [0.15, 0.2) is 12.1 Å². The van der Waals surface area contributed by atoms with E-state index in [-0.39, 0.29) is 0 Å². The van der Waals surface area contributed by atoms with Crippen LogP contribution < -0.4 is 16.2 Å². The summed E-state index contributed by atoms with van der Waals surface area (Å²) >= 11 is 0. The number of methoxy groups -OCH3 is 1. The van der Waals surface area contributed by atoms with Crippen LogP contribution >= 0.6 is 0 Å². The summed E-state index contributed by atoms with van der Waals surface area (Å²) in [6.45, 7) is 7.90. The number of benzene rings is 1. The molecule has 0 unspecified atom stereocenters. The van der Waals surface area contributed by atoms with E-state index < -0.39 is 10.0 Å². The van der Waals surface area contributed by atoms with Crippen molar-refractivity contribution in [3.05, 3.63) is 23.3 Å². The molecule has 1 fully saturated rings. The van der Waals surface area contributed by atoms with Crippen LogP contribution in [-0.2, 0) is 21.2 Å². The Morgan fingerprint density at radius 2 is 1.93 bits per heavy atom. The van der Waals surface area contributed by atoms with Gasteiger partial charge in [0.05, 0.1) is 18.6 Å². The Kier molecular flexibility index (Phi) is 8.55. The van der Waals surface area contributed by atoms with Gasteiger partial charge >= 0.3 is 0 Å². The highest BCUT2D eigenvalue weighted by atomic mass is 32.2. The molecule has 1 aliphatic rings. The molecular weight excluding hydrogens is 376 g/mol. The quantitative estimate of drug-likeness (QED) is 0.454. The number of nitrogen functional groups attached to an aromatic ring is 1. The molecule has 0 amide bonds. The zero-order valence-corrected chi connectivity index (χ0v) is 18.5. The van der Waals surface area contributed by atoms with Crippen molar-refractivity contribution in [2.24, 2.45) is 5.84 Å². The largest absolute Gasteiger partial charge is 0.383 e. The minimum absolute atomic E-state index is 0.339. The second-order valence-electron chi connectivity index (χ2n) is 7.48. The number of nitrogens with one attached hydrogen (secondary N) is 1. The molecule has 1 aromatic carbocycles. The number of hydrazine groups is 1. The fourth-order valence-electron chi connectivity index (χ4n) is 4.09. The van der Waals surface area contributed by atoms with Crippen LogP contribution in [0.1, 0.15) is 50.2 Å². The molecule has 1 aliphatic heterocycles. The van der Waals surface area contributed by atoms with E-state index >= 15 is 0 Å². The van der Waals surface area contributed by atoms with Gasteiger partial charge in [-0.3, -0.25) is 5.84 Å². The lowest BCUT2D eigenvalue weighted by Gasteiger charge is -2.33. The number of sulfonamides is 1. The Balaban J connectivity index is 2.36. The standard InChI is InChI=1S/C20H36N4O3S/c1-5-9-23(12-13-27-3)17-14-19(18(6-2)20(15-17)22-21)16-7-10-24(11-8-16)28(4,25)26/h14-16,22H,5-13,21H2,1-4H3. The lowest BCUT2D eigenvalue weighted by atomic mass is 9.85. The molecule has 0 saturated carbocycles. The van der Waals surface area contributed by atoms with Gasteiger partial charge in [0.1, 0.15) is 0 Å². The first kappa shape index (κ1) is 22.9. The van der Waals surface area contributed by atoms with Crippen molar-refractivity contribution in [3.8, 4) is 0 Å². The number of hydrogen-bond donors (Lipinski definition) is 2. The van der Waals surface area contributed by atoms with Crippen LogP contribution in [0.3, 0.4) is 0 Å². The van der Waals surface area contributed by atoms with E-state index in [2.05, 4.69) is 36.3 Å². The van der Waals surface area contributed by atoms with Gasteiger partial charge in [0.15, 0.2) is 0 Å². The number of anilines is 2. The lowest BCUT2D eigenvalue weighted by molar-refractivity contribution is 0.205. The Morgan fingerprint density at radius 3 is 2.43 bits per heavy atom. The Labute approximate surface area is 170 Å². The molecule has 3 N–H and O–H groups in total. The van der Waals surface area contributed by atoms with E-state index in [4.69, 9.17) is 10.6 Å². The summed E-state index contributed by atoms with van der Waals surface area (Å²) in [4.78, 5) is 2.33. The minimum atomic E-state index is -3.12. The third-order valence-electron chi connectivity index (χ3n) is 5.57. The van der Waals surface area contributed by atoms with Crippen molar-refractivity contribution >= 4 is 21.4 Å². The van der Waals surface area contributed by atoms with Crippen LogP contribution in [0.4, 0.5) is 11.4 Å². The third-order valence-corrected chi connectivity index (χ3v) is 6.87. The summed E-state index contributed by atoms with van der Waals surface area (Å²) in [6.07, 6.45) is 4.89. The van der Waals surface area contributed by atoms with E-state index in [9.17, 15) is 8.42 Å². The number of piperidine rings is 1. The molecule has 0 aliphatic carbocycles. The van der Waals surface area contributed by atoms with E-state index in [0.29, 0.717) is 25.6 Å². The van der Waals surface area contributed by atoms with Crippen LogP contribution in [0.2, 0.25) is 0 Å². The zero-order chi connectivity index (χ0) is 20.7. The SMILES string of the molecule is CCCN(CCOC)c1cc(NN)c(CC)c(C2CCN(S(C)(=O)=O)CC2)c1. The third kappa shape index (κ3) is 5.59. The predicted molar refractivity (Wildman–Crippen MR) is 116 cm³/mol. The maximum atomic E-state index is 11.8. The normalized spacial score (nSPS) is 16.3. The molecule has 1 heterocycles. The molecule has 7 nitrogen and oxygen atoms in total. The Bertz CT molecular complexity index is 731. The van der Waals surface area contributed by atoms with Gasteiger partial charge in [-0.05, 0) is 54.9 Å². The average Bonchev–Trinajstić information content (AvgIpc) is 2.69. The molecule has 8 heteroatoms. The Hall–Kier alpha value is -1.35. The minimum Gasteiger partial charge on any atom is -0.383 e. The molecule has 0 atom stereocenters. The average molecular weight is 413 g/mol. The monoisotopic (exact) mass is 412 g/mol. The molecule has 0 radical (unpaired) electrons. The second kappa shape index (κ2) is 10.4. The molecule has 0 bridgehead atoms. The number of rotatable bonds is 10. The van der Waals surface area contributed by atoms with Gasteiger partial charge in [-0.2, -0.15) is 0 Å². The molecule has 160 valence electrons. The van der Waals surface area contributed by atoms with E-state index in [1.54, 1.807) is 11.4 Å².